The molecule has 1 aromatic rings. The summed E-state index contributed by atoms with van der Waals surface area (Å²) in [5, 5.41) is 0. The molecule has 0 aliphatic heterocycles. The van der Waals surface area contributed by atoms with E-state index in [1.807, 2.05) is 0 Å². The van der Waals surface area contributed by atoms with Crippen molar-refractivity contribution in [1.29, 1.82) is 0 Å². The van der Waals surface area contributed by atoms with Crippen LogP contribution < -0.4 is 11.4 Å². The first-order valence-corrected chi connectivity index (χ1v) is 2.28. The maximum absolute atomic E-state index is 10.5. The normalized spacial score (nSPS) is 9.62. The molecule has 1 aromatic heterocycles. The number of aromatic nitrogens is 2. The van der Waals surface area contributed by atoms with Crippen LogP contribution >= 0.6 is 0 Å². The van der Waals surface area contributed by atoms with Crippen LogP contribution in [-0.2, 0) is 6.67 Å². The van der Waals surface area contributed by atoms with E-state index < -0.39 is 0 Å². The molecular weight excluding hydrogens is 106 g/mol. The fraction of sp³-hybridized carbons (Fsp3) is 0.250. The second-order valence-electron chi connectivity index (χ2n) is 1.42. The van der Waals surface area contributed by atoms with Gasteiger partial charge < -0.3 is 10.7 Å². The van der Waals surface area contributed by atoms with Gasteiger partial charge in [0, 0.05) is 12.4 Å². The maximum Gasteiger partial charge on any atom is 0.326 e. The molecule has 0 amide bonds. The van der Waals surface area contributed by atoms with Gasteiger partial charge in [-0.25, -0.2) is 4.79 Å². The third kappa shape index (κ3) is 0.651. The molecule has 0 radical (unpaired) electrons. The Morgan fingerprint density at radius 2 is 2.62 bits per heavy atom. The summed E-state index contributed by atoms with van der Waals surface area (Å²) in [7, 11) is 0. The van der Waals surface area contributed by atoms with Crippen LogP contribution in [0.25, 0.3) is 0 Å². The highest BCUT2D eigenvalue weighted by atomic mass is 16.1. The summed E-state index contributed by atoms with van der Waals surface area (Å²) in [5.41, 5.74) is 4.98. The first-order chi connectivity index (χ1) is 3.84. The summed E-state index contributed by atoms with van der Waals surface area (Å²) in [6.45, 7) is 0.238. The summed E-state index contributed by atoms with van der Waals surface area (Å²) >= 11 is 0. The summed E-state index contributed by atoms with van der Waals surface area (Å²) < 4.78 is 1.38. The second kappa shape index (κ2) is 1.83. The topological polar surface area (TPSA) is 63.8 Å². The van der Waals surface area contributed by atoms with Gasteiger partial charge in [-0.3, -0.25) is 4.57 Å². The number of hydrogen-bond acceptors (Lipinski definition) is 2. The molecule has 8 heavy (non-hydrogen) atoms. The average Bonchev–Trinajstić information content (AvgIpc) is 2.14. The Bertz CT molecular complexity index is 211. The van der Waals surface area contributed by atoms with Crippen molar-refractivity contribution in [2.24, 2.45) is 5.73 Å². The number of aromatic amines is 1. The molecule has 4 heteroatoms. The Hall–Kier alpha value is -1.03. The summed E-state index contributed by atoms with van der Waals surface area (Å²) in [6.07, 6.45) is 3.15. The molecule has 3 N–H and O–H groups in total. The summed E-state index contributed by atoms with van der Waals surface area (Å²) in [4.78, 5) is 12.9. The third-order valence-corrected chi connectivity index (χ3v) is 0.919. The lowest BCUT2D eigenvalue weighted by Gasteiger charge is -1.87. The number of H-pyrrole nitrogens is 1. The lowest BCUT2D eigenvalue weighted by Crippen LogP contribution is -2.20. The van der Waals surface area contributed by atoms with Crippen LogP contribution in [-0.4, -0.2) is 9.55 Å². The number of imidazole rings is 1. The zero-order valence-electron chi connectivity index (χ0n) is 4.29. The van der Waals surface area contributed by atoms with Crippen molar-refractivity contribution < 1.29 is 0 Å². The van der Waals surface area contributed by atoms with Crippen molar-refractivity contribution in [3.05, 3.63) is 22.9 Å². The van der Waals surface area contributed by atoms with Gasteiger partial charge in [0.25, 0.3) is 0 Å². The molecule has 44 valence electrons. The molecule has 0 fully saturated rings. The van der Waals surface area contributed by atoms with Crippen molar-refractivity contribution in [2.45, 2.75) is 6.67 Å². The van der Waals surface area contributed by atoms with Crippen LogP contribution in [0.5, 0.6) is 0 Å². The van der Waals surface area contributed by atoms with Crippen LogP contribution in [0, 0.1) is 0 Å². The van der Waals surface area contributed by atoms with Gasteiger partial charge in [0.15, 0.2) is 0 Å². The van der Waals surface area contributed by atoms with Crippen molar-refractivity contribution >= 4 is 0 Å². The largest absolute Gasteiger partial charge is 0.326 e. The van der Waals surface area contributed by atoms with E-state index in [1.54, 1.807) is 12.4 Å². The van der Waals surface area contributed by atoms with Crippen LogP contribution in [0.2, 0.25) is 0 Å². The van der Waals surface area contributed by atoms with Crippen molar-refractivity contribution in [2.75, 3.05) is 0 Å². The predicted octanol–water partition coefficient (Wildman–Crippen LogP) is -0.907. The van der Waals surface area contributed by atoms with E-state index in [-0.39, 0.29) is 12.4 Å². The number of nitrogens with one attached hydrogen (secondary N) is 1. The van der Waals surface area contributed by atoms with Crippen molar-refractivity contribution in [1.82, 2.24) is 9.55 Å². The standard InChI is InChI=1S/C4H7N3O/c5-3-7-2-1-6-4(7)8/h1-2H,3,5H2,(H,6,8). The van der Waals surface area contributed by atoms with E-state index in [4.69, 9.17) is 5.73 Å². The third-order valence-electron chi connectivity index (χ3n) is 0.919. The molecule has 1 rings (SSSR count). The molecule has 4 nitrogen and oxygen atoms in total. The molecule has 0 atom stereocenters. The van der Waals surface area contributed by atoms with Crippen LogP contribution in [0.4, 0.5) is 0 Å². The summed E-state index contributed by atoms with van der Waals surface area (Å²) in [6, 6.07) is 0. The first kappa shape index (κ1) is 5.11. The fourth-order valence-electron chi connectivity index (χ4n) is 0.493. The van der Waals surface area contributed by atoms with Crippen molar-refractivity contribution in [3.63, 3.8) is 0 Å². The highest BCUT2D eigenvalue weighted by molar-refractivity contribution is 4.73. The number of nitrogens with zero attached hydrogens (tertiary/aromatic N) is 1. The molecule has 0 spiro atoms. The van der Waals surface area contributed by atoms with E-state index in [2.05, 4.69) is 4.98 Å². The minimum atomic E-state index is -0.160. The molecule has 0 saturated heterocycles. The molecule has 0 saturated carbocycles. The average molecular weight is 113 g/mol. The minimum absolute atomic E-state index is 0.160. The Morgan fingerprint density at radius 3 is 2.88 bits per heavy atom. The number of hydrogen-bond donors (Lipinski definition) is 2. The zero-order valence-corrected chi connectivity index (χ0v) is 4.29. The molecule has 0 aliphatic rings. The van der Waals surface area contributed by atoms with Gasteiger partial charge in [0.2, 0.25) is 0 Å². The highest BCUT2D eigenvalue weighted by Crippen LogP contribution is 1.69. The monoisotopic (exact) mass is 113 g/mol. The van der Waals surface area contributed by atoms with Gasteiger partial charge in [-0.1, -0.05) is 0 Å². The van der Waals surface area contributed by atoms with E-state index in [1.165, 1.54) is 4.57 Å². The van der Waals surface area contributed by atoms with E-state index >= 15 is 0 Å². The number of rotatable bonds is 1. The van der Waals surface area contributed by atoms with Gasteiger partial charge in [-0.05, 0) is 0 Å². The van der Waals surface area contributed by atoms with E-state index in [9.17, 15) is 4.79 Å². The van der Waals surface area contributed by atoms with Gasteiger partial charge in [0.1, 0.15) is 0 Å². The smallest absolute Gasteiger partial charge is 0.313 e. The summed E-state index contributed by atoms with van der Waals surface area (Å²) in [5.74, 6) is 0. The Morgan fingerprint density at radius 1 is 1.88 bits per heavy atom. The van der Waals surface area contributed by atoms with Crippen LogP contribution in [0.3, 0.4) is 0 Å². The Balaban J connectivity index is 3.11. The van der Waals surface area contributed by atoms with Crippen LogP contribution in [0.15, 0.2) is 17.2 Å². The molecular formula is C4H7N3O. The second-order valence-corrected chi connectivity index (χ2v) is 1.42. The first-order valence-electron chi connectivity index (χ1n) is 2.28. The van der Waals surface area contributed by atoms with Gasteiger partial charge in [-0.15, -0.1) is 0 Å². The van der Waals surface area contributed by atoms with Gasteiger partial charge in [0.05, 0.1) is 6.67 Å². The lowest BCUT2D eigenvalue weighted by atomic mass is 10.9. The molecule has 0 unspecified atom stereocenters. The lowest BCUT2D eigenvalue weighted by molar-refractivity contribution is 0.703. The zero-order chi connectivity index (χ0) is 5.98. The maximum atomic E-state index is 10.5. The quantitative estimate of drug-likeness (QED) is 0.495. The van der Waals surface area contributed by atoms with E-state index in [0.717, 1.165) is 0 Å². The van der Waals surface area contributed by atoms with Gasteiger partial charge in [-0.2, -0.15) is 0 Å². The Labute approximate surface area is 45.9 Å². The Kier molecular flexibility index (Phi) is 1.17. The highest BCUT2D eigenvalue weighted by Gasteiger charge is 1.86. The fourth-order valence-corrected chi connectivity index (χ4v) is 0.493. The minimum Gasteiger partial charge on any atom is -0.313 e. The molecule has 0 aliphatic carbocycles. The predicted molar refractivity (Wildman–Crippen MR) is 29.2 cm³/mol. The van der Waals surface area contributed by atoms with Crippen molar-refractivity contribution in [3.8, 4) is 0 Å². The molecule has 0 aromatic carbocycles. The number of nitrogens with two attached hydrogens (primary N) is 1. The van der Waals surface area contributed by atoms with Crippen LogP contribution in [0.1, 0.15) is 0 Å². The van der Waals surface area contributed by atoms with Gasteiger partial charge >= 0.3 is 5.69 Å². The molecule has 1 heterocycles. The van der Waals surface area contributed by atoms with E-state index in [0.29, 0.717) is 0 Å². The molecule has 0 bridgehead atoms. The SMILES string of the molecule is NCn1cc[nH]c1=O.